The molecular weight excluding hydrogens is 308 g/mol. The Bertz CT molecular complexity index is 726. The van der Waals surface area contributed by atoms with E-state index >= 15 is 0 Å². The van der Waals surface area contributed by atoms with E-state index in [0.717, 1.165) is 5.56 Å². The summed E-state index contributed by atoms with van der Waals surface area (Å²) in [7, 11) is -3.43. The van der Waals surface area contributed by atoms with Crippen LogP contribution in [0.25, 0.3) is 0 Å². The molecule has 3 nitrogen and oxygen atoms in total. The van der Waals surface area contributed by atoms with Crippen LogP contribution in [-0.2, 0) is 9.84 Å². The second kappa shape index (κ2) is 5.44. The first-order valence-electron chi connectivity index (χ1n) is 6.71. The van der Waals surface area contributed by atoms with Crippen LogP contribution in [0.1, 0.15) is 11.5 Å². The maximum absolute atomic E-state index is 12.7. The van der Waals surface area contributed by atoms with E-state index < -0.39 is 15.1 Å². The number of aliphatic hydroxyl groups excluding tert-OH is 1. The van der Waals surface area contributed by atoms with Gasteiger partial charge >= 0.3 is 0 Å². The summed E-state index contributed by atoms with van der Waals surface area (Å²) in [5.41, 5.74) is 0.906. The van der Waals surface area contributed by atoms with Crippen LogP contribution in [0.2, 0.25) is 5.02 Å². The number of benzene rings is 2. The molecule has 2 aromatic carbocycles. The van der Waals surface area contributed by atoms with Crippen molar-refractivity contribution in [3.63, 3.8) is 0 Å². The van der Waals surface area contributed by atoms with Gasteiger partial charge in [-0.25, -0.2) is 8.42 Å². The third kappa shape index (κ3) is 2.59. The molecule has 3 rings (SSSR count). The van der Waals surface area contributed by atoms with Gasteiger partial charge in [0.15, 0.2) is 9.84 Å². The number of aliphatic hydroxyl groups is 1. The minimum Gasteiger partial charge on any atom is -0.396 e. The second-order valence-corrected chi connectivity index (χ2v) is 7.79. The van der Waals surface area contributed by atoms with Gasteiger partial charge in [0.25, 0.3) is 0 Å². The van der Waals surface area contributed by atoms with E-state index in [-0.39, 0.29) is 18.4 Å². The highest BCUT2D eigenvalue weighted by molar-refractivity contribution is 7.92. The minimum absolute atomic E-state index is 0.135. The highest BCUT2D eigenvalue weighted by Crippen LogP contribution is 2.53. The summed E-state index contributed by atoms with van der Waals surface area (Å²) < 4.78 is 25.4. The maximum Gasteiger partial charge on any atom is 0.182 e. The van der Waals surface area contributed by atoms with Crippen LogP contribution in [0.5, 0.6) is 0 Å². The van der Waals surface area contributed by atoms with Crippen LogP contribution in [0.4, 0.5) is 0 Å². The Morgan fingerprint density at radius 2 is 1.62 bits per heavy atom. The first kappa shape index (κ1) is 14.6. The van der Waals surface area contributed by atoms with Gasteiger partial charge in [-0.3, -0.25) is 0 Å². The van der Waals surface area contributed by atoms with E-state index in [1.165, 1.54) is 0 Å². The Hall–Kier alpha value is -1.36. The Kier molecular flexibility index (Phi) is 3.78. The summed E-state index contributed by atoms with van der Waals surface area (Å²) in [6, 6.07) is 15.5. The third-order valence-electron chi connectivity index (χ3n) is 3.99. The molecule has 0 unspecified atom stereocenters. The maximum atomic E-state index is 12.7. The summed E-state index contributed by atoms with van der Waals surface area (Å²) in [5.74, 6) is -0.422. The average Bonchev–Trinajstić information content (AvgIpc) is 3.24. The highest BCUT2D eigenvalue weighted by Gasteiger charge is 2.58. The second-order valence-electron chi connectivity index (χ2n) is 5.25. The SMILES string of the molecule is O=S(=O)(c1ccccc1)[C@@H]1[C@@H](CO)[C@@H]1c1ccc(Cl)cc1. The van der Waals surface area contributed by atoms with E-state index in [1.54, 1.807) is 42.5 Å². The number of hydrogen-bond donors (Lipinski definition) is 1. The van der Waals surface area contributed by atoms with Crippen LogP contribution in [0, 0.1) is 5.92 Å². The fourth-order valence-corrected chi connectivity index (χ4v) is 5.22. The van der Waals surface area contributed by atoms with Crippen LogP contribution >= 0.6 is 11.6 Å². The van der Waals surface area contributed by atoms with Crippen molar-refractivity contribution in [1.29, 1.82) is 0 Å². The number of rotatable bonds is 4. The molecule has 1 aliphatic rings. The fraction of sp³-hybridized carbons (Fsp3) is 0.250. The lowest BCUT2D eigenvalue weighted by atomic mass is 10.1. The third-order valence-corrected chi connectivity index (χ3v) is 6.53. The Morgan fingerprint density at radius 1 is 1.00 bits per heavy atom. The highest BCUT2D eigenvalue weighted by atomic mass is 35.5. The normalized spacial score (nSPS) is 24.8. The van der Waals surface area contributed by atoms with E-state index in [1.807, 2.05) is 12.1 Å². The van der Waals surface area contributed by atoms with Gasteiger partial charge in [-0.05, 0) is 29.8 Å². The topological polar surface area (TPSA) is 54.4 Å². The largest absolute Gasteiger partial charge is 0.396 e. The molecule has 0 spiro atoms. The lowest BCUT2D eigenvalue weighted by molar-refractivity contribution is 0.274. The molecule has 110 valence electrons. The Morgan fingerprint density at radius 3 is 2.19 bits per heavy atom. The van der Waals surface area contributed by atoms with Crippen LogP contribution < -0.4 is 0 Å². The molecule has 3 atom stereocenters. The molecule has 0 radical (unpaired) electrons. The van der Waals surface area contributed by atoms with Crippen LogP contribution in [0.3, 0.4) is 0 Å². The van der Waals surface area contributed by atoms with Crippen LogP contribution in [-0.4, -0.2) is 25.4 Å². The number of hydrogen-bond acceptors (Lipinski definition) is 3. The molecule has 0 amide bonds. The van der Waals surface area contributed by atoms with Crippen molar-refractivity contribution in [2.24, 2.45) is 5.92 Å². The molecule has 5 heteroatoms. The van der Waals surface area contributed by atoms with E-state index in [2.05, 4.69) is 0 Å². The van der Waals surface area contributed by atoms with Gasteiger partial charge in [0, 0.05) is 23.5 Å². The zero-order valence-electron chi connectivity index (χ0n) is 11.2. The molecule has 0 aromatic heterocycles. The van der Waals surface area contributed by atoms with Gasteiger partial charge in [0.1, 0.15) is 0 Å². The lowest BCUT2D eigenvalue weighted by Crippen LogP contribution is -2.11. The van der Waals surface area contributed by atoms with E-state index in [0.29, 0.717) is 9.92 Å². The standard InChI is InChI=1S/C16H15ClO3S/c17-12-8-6-11(7-9-12)15-14(10-18)16(15)21(19,20)13-4-2-1-3-5-13/h1-9,14-16,18H,10H2/t14-,15-,16+/m0/s1. The molecule has 0 heterocycles. The molecule has 1 N–H and O–H groups in total. The molecule has 21 heavy (non-hydrogen) atoms. The van der Waals surface area contributed by atoms with Crippen molar-refractivity contribution in [2.75, 3.05) is 6.61 Å². The van der Waals surface area contributed by atoms with Crippen molar-refractivity contribution in [3.8, 4) is 0 Å². The monoisotopic (exact) mass is 322 g/mol. The predicted octanol–water partition coefficient (Wildman–Crippen LogP) is 2.89. The zero-order chi connectivity index (χ0) is 15.0. The fourth-order valence-electron chi connectivity index (χ4n) is 2.87. The molecule has 0 aliphatic heterocycles. The Balaban J connectivity index is 1.94. The summed E-state index contributed by atoms with van der Waals surface area (Å²) in [6.45, 7) is -0.135. The van der Waals surface area contributed by atoms with Crippen molar-refractivity contribution in [2.45, 2.75) is 16.1 Å². The molecule has 1 fully saturated rings. The van der Waals surface area contributed by atoms with Gasteiger partial charge in [0.2, 0.25) is 0 Å². The summed E-state index contributed by atoms with van der Waals surface area (Å²) in [5, 5.41) is 9.53. The van der Waals surface area contributed by atoms with E-state index in [9.17, 15) is 13.5 Å². The Labute approximate surface area is 129 Å². The lowest BCUT2D eigenvalue weighted by Gasteiger charge is -2.04. The van der Waals surface area contributed by atoms with Crippen molar-refractivity contribution in [1.82, 2.24) is 0 Å². The molecule has 0 bridgehead atoms. The van der Waals surface area contributed by atoms with Gasteiger partial charge in [-0.2, -0.15) is 0 Å². The van der Waals surface area contributed by atoms with Crippen molar-refractivity contribution in [3.05, 3.63) is 65.2 Å². The van der Waals surface area contributed by atoms with Crippen molar-refractivity contribution < 1.29 is 13.5 Å². The first-order valence-corrected chi connectivity index (χ1v) is 8.63. The van der Waals surface area contributed by atoms with Gasteiger partial charge < -0.3 is 5.11 Å². The molecule has 2 aromatic rings. The quantitative estimate of drug-likeness (QED) is 0.941. The molecule has 1 saturated carbocycles. The summed E-state index contributed by atoms with van der Waals surface area (Å²) in [4.78, 5) is 0.310. The first-order chi connectivity index (χ1) is 10.1. The van der Waals surface area contributed by atoms with Crippen molar-refractivity contribution >= 4 is 21.4 Å². The zero-order valence-corrected chi connectivity index (χ0v) is 12.8. The summed E-state index contributed by atoms with van der Waals surface area (Å²) in [6.07, 6.45) is 0. The van der Waals surface area contributed by atoms with Gasteiger partial charge in [-0.1, -0.05) is 41.9 Å². The number of sulfone groups is 1. The molecule has 0 saturated heterocycles. The van der Waals surface area contributed by atoms with E-state index in [4.69, 9.17) is 11.6 Å². The average molecular weight is 323 g/mol. The van der Waals surface area contributed by atoms with Gasteiger partial charge in [-0.15, -0.1) is 0 Å². The van der Waals surface area contributed by atoms with Gasteiger partial charge in [0.05, 0.1) is 10.1 Å². The molecule has 1 aliphatic carbocycles. The predicted molar refractivity (Wildman–Crippen MR) is 82.2 cm³/mol. The minimum atomic E-state index is -3.43. The van der Waals surface area contributed by atoms with Crippen LogP contribution in [0.15, 0.2) is 59.5 Å². The molecular formula is C16H15ClO3S. The number of halogens is 1. The summed E-state index contributed by atoms with van der Waals surface area (Å²) >= 11 is 5.86. The smallest absolute Gasteiger partial charge is 0.182 e.